The van der Waals surface area contributed by atoms with Crippen molar-refractivity contribution in [1.29, 1.82) is 0 Å². The Bertz CT molecular complexity index is 733. The Morgan fingerprint density at radius 1 is 0.947 bits per heavy atom. The van der Waals surface area contributed by atoms with Crippen LogP contribution in [0.15, 0.2) is 54.6 Å². The summed E-state index contributed by atoms with van der Waals surface area (Å²) in [4.78, 5) is 1.39. The second-order valence-corrected chi connectivity index (χ2v) is 5.91. The number of hydrogen-bond acceptors (Lipinski definition) is 1. The van der Waals surface area contributed by atoms with E-state index in [2.05, 4.69) is 74.5 Å². The fourth-order valence-electron chi connectivity index (χ4n) is 2.42. The molecule has 0 radical (unpaired) electrons. The first kappa shape index (κ1) is 12.2. The molecule has 0 N–H and O–H groups in total. The molecule has 2 aromatic carbocycles. The van der Waals surface area contributed by atoms with Gasteiger partial charge in [-0.15, -0.1) is 11.3 Å². The molecule has 1 heteroatoms. The zero-order valence-corrected chi connectivity index (χ0v) is 12.0. The molecule has 0 spiro atoms. The first-order valence-electron chi connectivity index (χ1n) is 6.51. The van der Waals surface area contributed by atoms with Crippen molar-refractivity contribution in [3.05, 3.63) is 65.0 Å². The first-order valence-corrected chi connectivity index (χ1v) is 7.32. The van der Waals surface area contributed by atoms with E-state index in [1.165, 1.54) is 31.7 Å². The van der Waals surface area contributed by atoms with Gasteiger partial charge < -0.3 is 0 Å². The zero-order chi connectivity index (χ0) is 13.2. The number of benzene rings is 2. The first-order chi connectivity index (χ1) is 9.29. The van der Waals surface area contributed by atoms with E-state index in [1.807, 2.05) is 11.3 Å². The molecule has 0 saturated heterocycles. The van der Waals surface area contributed by atoms with E-state index >= 15 is 0 Å². The smallest absolute Gasteiger partial charge is 0.0357 e. The SMILES string of the molecule is C/C=C\c1c(C)sc2cc(-c3ccccc3)ccc12. The minimum absolute atomic E-state index is 1.28. The van der Waals surface area contributed by atoms with Crippen LogP contribution < -0.4 is 0 Å². The largest absolute Gasteiger partial charge is 0.140 e. The highest BCUT2D eigenvalue weighted by molar-refractivity contribution is 7.19. The number of thiophene rings is 1. The molecule has 0 aliphatic rings. The molecule has 3 aromatic rings. The lowest BCUT2D eigenvalue weighted by atomic mass is 10.0. The number of allylic oxidation sites excluding steroid dienone is 1. The van der Waals surface area contributed by atoms with Gasteiger partial charge in [0.15, 0.2) is 0 Å². The molecule has 19 heavy (non-hydrogen) atoms. The molecule has 0 nitrogen and oxygen atoms in total. The summed E-state index contributed by atoms with van der Waals surface area (Å²) in [5.41, 5.74) is 3.94. The molecule has 0 atom stereocenters. The van der Waals surface area contributed by atoms with Crippen LogP contribution >= 0.6 is 11.3 Å². The van der Waals surface area contributed by atoms with Crippen molar-refractivity contribution in [3.8, 4) is 11.1 Å². The van der Waals surface area contributed by atoms with Crippen molar-refractivity contribution < 1.29 is 0 Å². The Morgan fingerprint density at radius 2 is 1.74 bits per heavy atom. The van der Waals surface area contributed by atoms with E-state index < -0.39 is 0 Å². The van der Waals surface area contributed by atoms with E-state index in [4.69, 9.17) is 0 Å². The van der Waals surface area contributed by atoms with Gasteiger partial charge in [-0.2, -0.15) is 0 Å². The molecular formula is C18H16S. The van der Waals surface area contributed by atoms with Gasteiger partial charge in [0.1, 0.15) is 0 Å². The fraction of sp³-hybridized carbons (Fsp3) is 0.111. The van der Waals surface area contributed by atoms with Gasteiger partial charge in [-0.25, -0.2) is 0 Å². The van der Waals surface area contributed by atoms with Crippen LogP contribution in [0.25, 0.3) is 27.3 Å². The maximum absolute atomic E-state index is 2.30. The van der Waals surface area contributed by atoms with E-state index in [9.17, 15) is 0 Å². The van der Waals surface area contributed by atoms with Crippen molar-refractivity contribution in [2.45, 2.75) is 13.8 Å². The van der Waals surface area contributed by atoms with Crippen molar-refractivity contribution in [2.75, 3.05) is 0 Å². The molecule has 1 heterocycles. The highest BCUT2D eigenvalue weighted by Gasteiger charge is 2.07. The average molecular weight is 264 g/mol. The van der Waals surface area contributed by atoms with Gasteiger partial charge in [0, 0.05) is 9.58 Å². The van der Waals surface area contributed by atoms with Crippen molar-refractivity contribution in [1.82, 2.24) is 0 Å². The molecule has 0 fully saturated rings. The highest BCUT2D eigenvalue weighted by Crippen LogP contribution is 2.34. The lowest BCUT2D eigenvalue weighted by Gasteiger charge is -2.01. The number of aryl methyl sites for hydroxylation is 1. The topological polar surface area (TPSA) is 0 Å². The Kier molecular flexibility index (Phi) is 3.22. The van der Waals surface area contributed by atoms with Gasteiger partial charge in [-0.1, -0.05) is 54.6 Å². The minimum Gasteiger partial charge on any atom is -0.140 e. The zero-order valence-electron chi connectivity index (χ0n) is 11.2. The fourth-order valence-corrected chi connectivity index (χ4v) is 3.51. The quantitative estimate of drug-likeness (QED) is 0.539. The van der Waals surface area contributed by atoms with Gasteiger partial charge in [-0.3, -0.25) is 0 Å². The number of rotatable bonds is 2. The van der Waals surface area contributed by atoms with E-state index in [1.54, 1.807) is 0 Å². The van der Waals surface area contributed by atoms with Crippen molar-refractivity contribution in [3.63, 3.8) is 0 Å². The lowest BCUT2D eigenvalue weighted by Crippen LogP contribution is -1.77. The summed E-state index contributed by atoms with van der Waals surface area (Å²) < 4.78 is 1.37. The minimum atomic E-state index is 1.28. The summed E-state index contributed by atoms with van der Waals surface area (Å²) in [7, 11) is 0. The summed E-state index contributed by atoms with van der Waals surface area (Å²) in [6, 6.07) is 17.3. The average Bonchev–Trinajstić information content (AvgIpc) is 2.76. The summed E-state index contributed by atoms with van der Waals surface area (Å²) >= 11 is 1.88. The number of hydrogen-bond donors (Lipinski definition) is 0. The van der Waals surface area contributed by atoms with E-state index in [0.29, 0.717) is 0 Å². The Hall–Kier alpha value is -1.86. The summed E-state index contributed by atoms with van der Waals surface area (Å²) in [6.07, 6.45) is 4.32. The van der Waals surface area contributed by atoms with Gasteiger partial charge in [0.2, 0.25) is 0 Å². The highest BCUT2D eigenvalue weighted by atomic mass is 32.1. The molecule has 94 valence electrons. The molecule has 1 aromatic heterocycles. The molecule has 0 bridgehead atoms. The van der Waals surface area contributed by atoms with Crippen LogP contribution in [0.4, 0.5) is 0 Å². The molecule has 0 aliphatic carbocycles. The van der Waals surface area contributed by atoms with Gasteiger partial charge >= 0.3 is 0 Å². The Balaban J connectivity index is 2.18. The second kappa shape index (κ2) is 5.02. The van der Waals surface area contributed by atoms with Crippen molar-refractivity contribution in [2.24, 2.45) is 0 Å². The van der Waals surface area contributed by atoms with Crippen LogP contribution in [0.2, 0.25) is 0 Å². The number of fused-ring (bicyclic) bond motifs is 1. The standard InChI is InChI=1S/C18H16S/c1-3-7-16-13(2)19-18-12-15(10-11-17(16)18)14-8-5-4-6-9-14/h3-12H,1-2H3/b7-3-. The normalized spacial score (nSPS) is 11.5. The van der Waals surface area contributed by atoms with Crippen LogP contribution in [0, 0.1) is 6.92 Å². The molecule has 0 aliphatic heterocycles. The van der Waals surface area contributed by atoms with E-state index in [-0.39, 0.29) is 0 Å². The molecular weight excluding hydrogens is 248 g/mol. The second-order valence-electron chi connectivity index (χ2n) is 4.65. The lowest BCUT2D eigenvalue weighted by molar-refractivity contribution is 1.60. The maximum Gasteiger partial charge on any atom is 0.0357 e. The molecule has 3 rings (SSSR count). The Labute approximate surface area is 118 Å². The third-order valence-corrected chi connectivity index (χ3v) is 4.44. The third-order valence-electron chi connectivity index (χ3n) is 3.35. The van der Waals surface area contributed by atoms with Crippen LogP contribution in [0.5, 0.6) is 0 Å². The Morgan fingerprint density at radius 3 is 2.47 bits per heavy atom. The summed E-state index contributed by atoms with van der Waals surface area (Å²) in [6.45, 7) is 4.27. The van der Waals surface area contributed by atoms with E-state index in [0.717, 1.165) is 0 Å². The molecule has 0 saturated carbocycles. The molecule has 0 unspecified atom stereocenters. The maximum atomic E-state index is 2.30. The molecule has 0 amide bonds. The van der Waals surface area contributed by atoms with Crippen LogP contribution in [0.3, 0.4) is 0 Å². The van der Waals surface area contributed by atoms with Crippen LogP contribution in [-0.4, -0.2) is 0 Å². The van der Waals surface area contributed by atoms with Gasteiger partial charge in [0.25, 0.3) is 0 Å². The predicted molar refractivity (Wildman–Crippen MR) is 86.7 cm³/mol. The summed E-state index contributed by atoms with van der Waals surface area (Å²) in [5, 5.41) is 1.36. The predicted octanol–water partition coefficient (Wildman–Crippen LogP) is 5.91. The van der Waals surface area contributed by atoms with Crippen LogP contribution in [-0.2, 0) is 0 Å². The van der Waals surface area contributed by atoms with Gasteiger partial charge in [-0.05, 0) is 42.0 Å². The summed E-state index contributed by atoms with van der Waals surface area (Å²) in [5.74, 6) is 0. The van der Waals surface area contributed by atoms with Crippen LogP contribution in [0.1, 0.15) is 17.4 Å². The third kappa shape index (κ3) is 2.22. The van der Waals surface area contributed by atoms with Gasteiger partial charge in [0.05, 0.1) is 0 Å². The monoisotopic (exact) mass is 264 g/mol. The van der Waals surface area contributed by atoms with Crippen molar-refractivity contribution >= 4 is 27.5 Å².